The van der Waals surface area contributed by atoms with Gasteiger partial charge in [0.05, 0.1) is 18.2 Å². The van der Waals surface area contributed by atoms with Crippen LogP contribution in [0.15, 0.2) is 30.5 Å². The third kappa shape index (κ3) is 1.61. The van der Waals surface area contributed by atoms with Crippen LogP contribution in [0, 0.1) is 0 Å². The number of fused-ring (bicyclic) bond motifs is 1. The maximum absolute atomic E-state index is 11.1. The zero-order chi connectivity index (χ0) is 10.8. The summed E-state index contributed by atoms with van der Waals surface area (Å²) >= 11 is 0. The van der Waals surface area contributed by atoms with Crippen LogP contribution >= 0.6 is 0 Å². The number of carbonyl (C=O) groups is 1. The molecular weight excluding hydrogens is 192 g/mol. The van der Waals surface area contributed by atoms with Gasteiger partial charge in [0.25, 0.3) is 5.91 Å². The van der Waals surface area contributed by atoms with Gasteiger partial charge >= 0.3 is 0 Å². The van der Waals surface area contributed by atoms with Gasteiger partial charge < -0.3 is 10.5 Å². The Morgan fingerprint density at radius 3 is 2.93 bits per heavy atom. The van der Waals surface area contributed by atoms with E-state index < -0.39 is 5.91 Å². The zero-order valence-electron chi connectivity index (χ0n) is 8.23. The lowest BCUT2D eigenvalue weighted by molar-refractivity contribution is 0.0997. The predicted octanol–water partition coefficient (Wildman–Crippen LogP) is 1.34. The molecule has 0 radical (unpaired) electrons. The minimum absolute atomic E-state index is 0.351. The van der Waals surface area contributed by atoms with E-state index in [0.29, 0.717) is 11.3 Å². The standard InChI is InChI=1S/C11H10N2O2/c1-15-10-5-7-3-2-4-13-9(7)6-8(10)11(12)14/h2-6H,1H3,(H2,12,14). The van der Waals surface area contributed by atoms with Crippen molar-refractivity contribution in [1.29, 1.82) is 0 Å². The Hall–Kier alpha value is -2.10. The SMILES string of the molecule is COc1cc2cccnc2cc1C(N)=O. The van der Waals surface area contributed by atoms with Crippen LogP contribution < -0.4 is 10.5 Å². The van der Waals surface area contributed by atoms with Crippen LogP contribution in [0.1, 0.15) is 10.4 Å². The summed E-state index contributed by atoms with van der Waals surface area (Å²) in [5.41, 5.74) is 6.31. The van der Waals surface area contributed by atoms with Crippen LogP contribution in [0.2, 0.25) is 0 Å². The Kier molecular flexibility index (Phi) is 2.25. The highest BCUT2D eigenvalue weighted by molar-refractivity contribution is 5.99. The van der Waals surface area contributed by atoms with Gasteiger partial charge in [-0.25, -0.2) is 0 Å². The van der Waals surface area contributed by atoms with E-state index in [0.717, 1.165) is 10.9 Å². The molecule has 2 N–H and O–H groups in total. The Morgan fingerprint density at radius 2 is 2.27 bits per heavy atom. The van der Waals surface area contributed by atoms with Gasteiger partial charge in [-0.2, -0.15) is 0 Å². The van der Waals surface area contributed by atoms with E-state index >= 15 is 0 Å². The van der Waals surface area contributed by atoms with E-state index in [1.54, 1.807) is 18.3 Å². The summed E-state index contributed by atoms with van der Waals surface area (Å²) in [6, 6.07) is 7.11. The lowest BCUT2D eigenvalue weighted by Crippen LogP contribution is -2.12. The van der Waals surface area contributed by atoms with Gasteiger partial charge in [-0.3, -0.25) is 9.78 Å². The summed E-state index contributed by atoms with van der Waals surface area (Å²) in [5.74, 6) is -0.0394. The Morgan fingerprint density at radius 1 is 1.47 bits per heavy atom. The van der Waals surface area contributed by atoms with Crippen LogP contribution in [0.5, 0.6) is 5.75 Å². The number of hydrogen-bond donors (Lipinski definition) is 1. The number of primary amides is 1. The largest absolute Gasteiger partial charge is 0.496 e. The fraction of sp³-hybridized carbons (Fsp3) is 0.0909. The first-order chi connectivity index (χ1) is 7.22. The van der Waals surface area contributed by atoms with Crippen LogP contribution in [-0.4, -0.2) is 18.0 Å². The third-order valence-corrected chi connectivity index (χ3v) is 2.19. The number of rotatable bonds is 2. The summed E-state index contributed by atoms with van der Waals surface area (Å²) in [7, 11) is 1.50. The molecule has 1 heterocycles. The second kappa shape index (κ2) is 3.57. The Labute approximate surface area is 86.7 Å². The first-order valence-electron chi connectivity index (χ1n) is 4.45. The maximum atomic E-state index is 11.1. The maximum Gasteiger partial charge on any atom is 0.252 e. The summed E-state index contributed by atoms with van der Waals surface area (Å²) < 4.78 is 5.09. The van der Waals surface area contributed by atoms with Crippen molar-refractivity contribution in [3.63, 3.8) is 0 Å². The molecule has 1 amide bonds. The molecule has 0 fully saturated rings. The van der Waals surface area contributed by atoms with Crippen molar-refractivity contribution in [3.8, 4) is 5.75 Å². The molecule has 2 rings (SSSR count). The molecule has 2 aromatic rings. The van der Waals surface area contributed by atoms with Gasteiger partial charge in [-0.15, -0.1) is 0 Å². The number of methoxy groups -OCH3 is 1. The van der Waals surface area contributed by atoms with Crippen molar-refractivity contribution in [2.24, 2.45) is 5.73 Å². The lowest BCUT2D eigenvalue weighted by Gasteiger charge is -2.06. The fourth-order valence-corrected chi connectivity index (χ4v) is 1.46. The van der Waals surface area contributed by atoms with Gasteiger partial charge in [-0.1, -0.05) is 6.07 Å². The van der Waals surface area contributed by atoms with Crippen molar-refractivity contribution in [3.05, 3.63) is 36.0 Å². The second-order valence-electron chi connectivity index (χ2n) is 3.11. The minimum Gasteiger partial charge on any atom is -0.496 e. The minimum atomic E-state index is -0.514. The molecule has 0 saturated heterocycles. The van der Waals surface area contributed by atoms with Gasteiger partial charge in [0.15, 0.2) is 0 Å². The number of nitrogens with zero attached hydrogens (tertiary/aromatic N) is 1. The second-order valence-corrected chi connectivity index (χ2v) is 3.11. The van der Waals surface area contributed by atoms with Crippen molar-refractivity contribution < 1.29 is 9.53 Å². The van der Waals surface area contributed by atoms with Gasteiger partial charge in [-0.05, 0) is 18.2 Å². The molecule has 0 saturated carbocycles. The van der Waals surface area contributed by atoms with E-state index in [4.69, 9.17) is 10.5 Å². The first-order valence-corrected chi connectivity index (χ1v) is 4.45. The average Bonchev–Trinajstić information content (AvgIpc) is 2.27. The van der Waals surface area contributed by atoms with E-state index in [1.165, 1.54) is 7.11 Å². The summed E-state index contributed by atoms with van der Waals surface area (Å²) in [6.45, 7) is 0. The topological polar surface area (TPSA) is 65.2 Å². The molecule has 15 heavy (non-hydrogen) atoms. The Balaban J connectivity index is 2.74. The smallest absolute Gasteiger partial charge is 0.252 e. The summed E-state index contributed by atoms with van der Waals surface area (Å²) in [6.07, 6.45) is 1.67. The van der Waals surface area contributed by atoms with Crippen LogP contribution in [-0.2, 0) is 0 Å². The molecule has 0 aliphatic heterocycles. The number of pyridine rings is 1. The molecule has 0 aliphatic rings. The van der Waals surface area contributed by atoms with Crippen LogP contribution in [0.3, 0.4) is 0 Å². The van der Waals surface area contributed by atoms with Crippen LogP contribution in [0.4, 0.5) is 0 Å². The van der Waals surface area contributed by atoms with Crippen molar-refractivity contribution in [2.45, 2.75) is 0 Å². The molecule has 4 nitrogen and oxygen atoms in total. The van der Waals surface area contributed by atoms with Crippen molar-refractivity contribution in [2.75, 3.05) is 7.11 Å². The number of benzene rings is 1. The number of ether oxygens (including phenoxy) is 1. The monoisotopic (exact) mass is 202 g/mol. The molecule has 0 aliphatic carbocycles. The molecule has 0 unspecified atom stereocenters. The number of aromatic nitrogens is 1. The Bertz CT molecular complexity index is 523. The molecule has 0 bridgehead atoms. The molecular formula is C11H10N2O2. The number of amides is 1. The van der Waals surface area contributed by atoms with Gasteiger partial charge in [0.1, 0.15) is 5.75 Å². The number of nitrogens with two attached hydrogens (primary N) is 1. The lowest BCUT2D eigenvalue weighted by atomic mass is 10.1. The van der Waals surface area contributed by atoms with E-state index in [-0.39, 0.29) is 0 Å². The third-order valence-electron chi connectivity index (χ3n) is 2.19. The highest BCUT2D eigenvalue weighted by atomic mass is 16.5. The molecule has 76 valence electrons. The predicted molar refractivity (Wildman–Crippen MR) is 56.8 cm³/mol. The highest BCUT2D eigenvalue weighted by Gasteiger charge is 2.10. The normalized spacial score (nSPS) is 10.2. The highest BCUT2D eigenvalue weighted by Crippen LogP contribution is 2.23. The molecule has 4 heteroatoms. The number of hydrogen-bond acceptors (Lipinski definition) is 3. The molecule has 0 spiro atoms. The molecule has 0 atom stereocenters. The summed E-state index contributed by atoms with van der Waals surface area (Å²) in [5, 5.41) is 0.916. The number of carbonyl (C=O) groups excluding carboxylic acids is 1. The summed E-state index contributed by atoms with van der Waals surface area (Å²) in [4.78, 5) is 15.3. The van der Waals surface area contributed by atoms with Crippen molar-refractivity contribution in [1.82, 2.24) is 4.98 Å². The van der Waals surface area contributed by atoms with E-state index in [2.05, 4.69) is 4.98 Å². The van der Waals surface area contributed by atoms with Crippen LogP contribution in [0.25, 0.3) is 10.9 Å². The van der Waals surface area contributed by atoms with E-state index in [1.807, 2.05) is 12.1 Å². The van der Waals surface area contributed by atoms with E-state index in [9.17, 15) is 4.79 Å². The first kappa shape index (κ1) is 9.45. The van der Waals surface area contributed by atoms with Gasteiger partial charge in [0, 0.05) is 11.6 Å². The van der Waals surface area contributed by atoms with Gasteiger partial charge in [0.2, 0.25) is 0 Å². The quantitative estimate of drug-likeness (QED) is 0.799. The fourth-order valence-electron chi connectivity index (χ4n) is 1.46. The van der Waals surface area contributed by atoms with Crippen molar-refractivity contribution >= 4 is 16.8 Å². The molecule has 1 aromatic heterocycles. The zero-order valence-corrected chi connectivity index (χ0v) is 8.23. The molecule has 1 aromatic carbocycles. The average molecular weight is 202 g/mol.